The van der Waals surface area contributed by atoms with E-state index in [1.165, 1.54) is 36.6 Å². The second kappa shape index (κ2) is 8.27. The molecule has 1 atom stereocenters. The first-order valence-corrected chi connectivity index (χ1v) is 10.5. The molecule has 0 spiro atoms. The molecule has 5 nitrogen and oxygen atoms in total. The van der Waals surface area contributed by atoms with Crippen LogP contribution in [0.4, 0.5) is 0 Å². The molecule has 2 fully saturated rings. The van der Waals surface area contributed by atoms with Crippen LogP contribution in [-0.4, -0.2) is 58.0 Å². The van der Waals surface area contributed by atoms with Crippen molar-refractivity contribution in [3.63, 3.8) is 0 Å². The van der Waals surface area contributed by atoms with Gasteiger partial charge in [0.25, 0.3) is 5.91 Å². The van der Waals surface area contributed by atoms with Crippen molar-refractivity contribution >= 4 is 17.4 Å². The summed E-state index contributed by atoms with van der Waals surface area (Å²) in [5, 5.41) is 5.66. The summed E-state index contributed by atoms with van der Waals surface area (Å²) in [4.78, 5) is 17.0. The Morgan fingerprint density at radius 2 is 1.85 bits per heavy atom. The maximum absolute atomic E-state index is 12.4. The zero-order valence-corrected chi connectivity index (χ0v) is 15.9. The van der Waals surface area contributed by atoms with E-state index in [9.17, 15) is 4.79 Å². The summed E-state index contributed by atoms with van der Waals surface area (Å²) in [7, 11) is 0. The standard InChI is InChI=1S/C20H26N4OS/c25-20(19-15-26-22-21-19)24-12-8-17(9-13-24)18-7-11-23(14-18)10-6-16-4-2-1-3-5-16/h1-5,15,17-18H,6-14H2/t18-/m1/s1. The van der Waals surface area contributed by atoms with Gasteiger partial charge in [-0.05, 0) is 61.2 Å². The molecule has 138 valence electrons. The van der Waals surface area contributed by atoms with Gasteiger partial charge in [-0.2, -0.15) is 0 Å². The topological polar surface area (TPSA) is 49.3 Å². The average Bonchev–Trinajstić information content (AvgIpc) is 3.39. The van der Waals surface area contributed by atoms with Gasteiger partial charge in [0.2, 0.25) is 0 Å². The molecule has 26 heavy (non-hydrogen) atoms. The highest BCUT2D eigenvalue weighted by Gasteiger charge is 2.33. The molecular weight excluding hydrogens is 344 g/mol. The van der Waals surface area contributed by atoms with Crippen LogP contribution in [-0.2, 0) is 6.42 Å². The van der Waals surface area contributed by atoms with Gasteiger partial charge in [0.1, 0.15) is 0 Å². The Labute approximate surface area is 159 Å². The van der Waals surface area contributed by atoms with E-state index in [-0.39, 0.29) is 5.91 Å². The van der Waals surface area contributed by atoms with Gasteiger partial charge < -0.3 is 9.80 Å². The van der Waals surface area contributed by atoms with Crippen LogP contribution in [0.1, 0.15) is 35.3 Å². The molecule has 2 aromatic rings. The Bertz CT molecular complexity index is 698. The van der Waals surface area contributed by atoms with Crippen LogP contribution >= 0.6 is 11.5 Å². The first-order valence-electron chi connectivity index (χ1n) is 9.62. The van der Waals surface area contributed by atoms with Gasteiger partial charge >= 0.3 is 0 Å². The van der Waals surface area contributed by atoms with Crippen LogP contribution in [0.25, 0.3) is 0 Å². The van der Waals surface area contributed by atoms with Crippen molar-refractivity contribution in [2.24, 2.45) is 11.8 Å². The van der Waals surface area contributed by atoms with Gasteiger partial charge in [-0.15, -0.1) is 5.10 Å². The number of hydrogen-bond donors (Lipinski definition) is 0. The number of likely N-dealkylation sites (tertiary alicyclic amines) is 2. The fourth-order valence-corrected chi connectivity index (χ4v) is 4.81. The van der Waals surface area contributed by atoms with E-state index >= 15 is 0 Å². The number of carbonyl (C=O) groups is 1. The first-order chi connectivity index (χ1) is 12.8. The molecule has 0 bridgehead atoms. The zero-order chi connectivity index (χ0) is 17.8. The summed E-state index contributed by atoms with van der Waals surface area (Å²) in [6, 6.07) is 10.8. The number of amides is 1. The Hall–Kier alpha value is -1.79. The van der Waals surface area contributed by atoms with Crippen molar-refractivity contribution in [1.29, 1.82) is 0 Å². The maximum atomic E-state index is 12.4. The monoisotopic (exact) mass is 370 g/mol. The van der Waals surface area contributed by atoms with Crippen LogP contribution in [0.3, 0.4) is 0 Å². The molecule has 2 saturated heterocycles. The fourth-order valence-electron chi connectivity index (χ4n) is 4.38. The van der Waals surface area contributed by atoms with Crippen LogP contribution in [0.15, 0.2) is 35.7 Å². The minimum absolute atomic E-state index is 0.0492. The molecule has 1 aromatic carbocycles. The lowest BCUT2D eigenvalue weighted by atomic mass is 9.83. The molecule has 2 aliphatic heterocycles. The molecule has 3 heterocycles. The molecule has 0 radical (unpaired) electrons. The van der Waals surface area contributed by atoms with Crippen LogP contribution in [0, 0.1) is 11.8 Å². The van der Waals surface area contributed by atoms with Gasteiger partial charge in [-0.3, -0.25) is 4.79 Å². The summed E-state index contributed by atoms with van der Waals surface area (Å²) in [6.45, 7) is 5.33. The lowest BCUT2D eigenvalue weighted by Crippen LogP contribution is -2.40. The fraction of sp³-hybridized carbons (Fsp3) is 0.550. The third-order valence-corrected chi connectivity index (χ3v) is 6.45. The zero-order valence-electron chi connectivity index (χ0n) is 15.1. The lowest BCUT2D eigenvalue weighted by Gasteiger charge is -2.34. The molecule has 1 amide bonds. The lowest BCUT2D eigenvalue weighted by molar-refractivity contribution is 0.0653. The van der Waals surface area contributed by atoms with Crippen molar-refractivity contribution in [3.8, 4) is 0 Å². The summed E-state index contributed by atoms with van der Waals surface area (Å²) >= 11 is 1.24. The Kier molecular flexibility index (Phi) is 5.60. The SMILES string of the molecule is O=C(c1csnn1)N1CCC([C@@H]2CCN(CCc3ccccc3)C2)CC1. The number of hydrogen-bond acceptors (Lipinski definition) is 5. The summed E-state index contributed by atoms with van der Waals surface area (Å²) in [6.07, 6.45) is 4.70. The van der Waals surface area contributed by atoms with Crippen LogP contribution < -0.4 is 0 Å². The van der Waals surface area contributed by atoms with Crippen molar-refractivity contribution in [2.75, 3.05) is 32.7 Å². The molecule has 0 unspecified atom stereocenters. The largest absolute Gasteiger partial charge is 0.337 e. The average molecular weight is 371 g/mol. The highest BCUT2D eigenvalue weighted by Crippen LogP contribution is 2.32. The smallest absolute Gasteiger partial charge is 0.275 e. The second-order valence-electron chi connectivity index (χ2n) is 7.50. The first kappa shape index (κ1) is 17.6. The minimum Gasteiger partial charge on any atom is -0.337 e. The molecular formula is C20H26N4OS. The number of benzene rings is 1. The van der Waals surface area contributed by atoms with Crippen molar-refractivity contribution in [1.82, 2.24) is 19.4 Å². The van der Waals surface area contributed by atoms with Gasteiger partial charge in [0, 0.05) is 31.6 Å². The van der Waals surface area contributed by atoms with Gasteiger partial charge in [0.15, 0.2) is 5.69 Å². The second-order valence-corrected chi connectivity index (χ2v) is 8.11. The van der Waals surface area contributed by atoms with Crippen LogP contribution in [0.5, 0.6) is 0 Å². The van der Waals surface area contributed by atoms with E-state index < -0.39 is 0 Å². The van der Waals surface area contributed by atoms with Gasteiger partial charge in [-0.25, -0.2) is 0 Å². The summed E-state index contributed by atoms with van der Waals surface area (Å²) < 4.78 is 3.80. The van der Waals surface area contributed by atoms with E-state index in [1.54, 1.807) is 5.38 Å². The van der Waals surface area contributed by atoms with Gasteiger partial charge in [0.05, 0.1) is 0 Å². The van der Waals surface area contributed by atoms with E-state index in [0.717, 1.165) is 50.7 Å². The van der Waals surface area contributed by atoms with E-state index in [2.05, 4.69) is 44.8 Å². The van der Waals surface area contributed by atoms with E-state index in [1.807, 2.05) is 4.90 Å². The molecule has 2 aliphatic rings. The Morgan fingerprint density at radius 1 is 1.08 bits per heavy atom. The van der Waals surface area contributed by atoms with Gasteiger partial charge in [-0.1, -0.05) is 34.8 Å². The molecule has 6 heteroatoms. The minimum atomic E-state index is 0.0492. The summed E-state index contributed by atoms with van der Waals surface area (Å²) in [5.41, 5.74) is 1.93. The third-order valence-electron chi connectivity index (χ3n) is 5.94. The Morgan fingerprint density at radius 3 is 2.58 bits per heavy atom. The third kappa shape index (κ3) is 4.13. The number of nitrogens with zero attached hydrogens (tertiary/aromatic N) is 4. The van der Waals surface area contributed by atoms with E-state index in [4.69, 9.17) is 0 Å². The van der Waals surface area contributed by atoms with E-state index in [0.29, 0.717) is 5.69 Å². The summed E-state index contributed by atoms with van der Waals surface area (Å²) in [5.74, 6) is 1.60. The normalized spacial score (nSPS) is 22.0. The predicted octanol–water partition coefficient (Wildman–Crippen LogP) is 2.95. The molecule has 4 rings (SSSR count). The molecule has 0 saturated carbocycles. The number of rotatable bonds is 5. The Balaban J connectivity index is 1.22. The molecule has 0 N–H and O–H groups in total. The number of piperidine rings is 1. The highest BCUT2D eigenvalue weighted by molar-refractivity contribution is 7.03. The molecule has 0 aliphatic carbocycles. The molecule has 1 aromatic heterocycles. The van der Waals surface area contributed by atoms with Crippen molar-refractivity contribution in [2.45, 2.75) is 25.7 Å². The maximum Gasteiger partial charge on any atom is 0.275 e. The highest BCUT2D eigenvalue weighted by atomic mass is 32.1. The number of aromatic nitrogens is 2. The van der Waals surface area contributed by atoms with Crippen molar-refractivity contribution < 1.29 is 4.79 Å². The predicted molar refractivity (Wildman–Crippen MR) is 103 cm³/mol. The van der Waals surface area contributed by atoms with Crippen LogP contribution in [0.2, 0.25) is 0 Å². The van der Waals surface area contributed by atoms with Crippen molar-refractivity contribution in [3.05, 3.63) is 47.0 Å². The number of carbonyl (C=O) groups excluding carboxylic acids is 1. The quantitative estimate of drug-likeness (QED) is 0.812.